The molecule has 1 rings (SSSR count). The zero-order valence-electron chi connectivity index (χ0n) is 14.1. The molecule has 1 aliphatic rings. The maximum absolute atomic E-state index is 12.7. The van der Waals surface area contributed by atoms with Crippen molar-refractivity contribution in [3.63, 3.8) is 0 Å². The van der Waals surface area contributed by atoms with E-state index in [0.29, 0.717) is 17.9 Å². The molecular formula is C16H33N3O. The fraction of sp³-hybridized carbons (Fsp3) is 0.938. The Morgan fingerprint density at radius 3 is 2.40 bits per heavy atom. The number of nitrogens with zero attached hydrogens (tertiary/aromatic N) is 2. The lowest BCUT2D eigenvalue weighted by atomic mass is 10.0. The van der Waals surface area contributed by atoms with E-state index in [1.165, 1.54) is 0 Å². The third-order valence-corrected chi connectivity index (χ3v) is 3.96. The van der Waals surface area contributed by atoms with Crippen LogP contribution in [-0.4, -0.2) is 54.6 Å². The van der Waals surface area contributed by atoms with Crippen molar-refractivity contribution in [3.05, 3.63) is 0 Å². The first kappa shape index (κ1) is 17.4. The molecule has 20 heavy (non-hydrogen) atoms. The molecule has 0 aromatic carbocycles. The van der Waals surface area contributed by atoms with Crippen molar-refractivity contribution >= 4 is 5.91 Å². The average Bonchev–Trinajstić information content (AvgIpc) is 2.65. The Morgan fingerprint density at radius 1 is 1.30 bits per heavy atom. The van der Waals surface area contributed by atoms with Gasteiger partial charge in [0.2, 0.25) is 5.91 Å². The zero-order valence-corrected chi connectivity index (χ0v) is 14.1. The number of hydrogen-bond acceptors (Lipinski definition) is 3. The topological polar surface area (TPSA) is 35.6 Å². The van der Waals surface area contributed by atoms with Gasteiger partial charge in [-0.2, -0.15) is 0 Å². The van der Waals surface area contributed by atoms with Crippen LogP contribution in [0.4, 0.5) is 0 Å². The van der Waals surface area contributed by atoms with Gasteiger partial charge < -0.3 is 9.80 Å². The molecule has 1 saturated heterocycles. The molecular weight excluding hydrogens is 250 g/mol. The van der Waals surface area contributed by atoms with Crippen LogP contribution in [0.15, 0.2) is 0 Å². The van der Waals surface area contributed by atoms with E-state index in [9.17, 15) is 4.79 Å². The molecule has 0 saturated carbocycles. The van der Waals surface area contributed by atoms with Crippen LogP contribution in [-0.2, 0) is 4.79 Å². The van der Waals surface area contributed by atoms with Crippen LogP contribution in [0.5, 0.6) is 0 Å². The number of amides is 1. The van der Waals surface area contributed by atoms with Gasteiger partial charge in [0, 0.05) is 12.6 Å². The lowest BCUT2D eigenvalue weighted by Gasteiger charge is -2.35. The van der Waals surface area contributed by atoms with Gasteiger partial charge in [0.15, 0.2) is 0 Å². The Bertz CT molecular complexity index is 294. The molecule has 3 atom stereocenters. The fourth-order valence-electron chi connectivity index (χ4n) is 3.20. The Labute approximate surface area is 124 Å². The average molecular weight is 283 g/mol. The minimum Gasteiger partial charge on any atom is -0.322 e. The summed E-state index contributed by atoms with van der Waals surface area (Å²) in [4.78, 5) is 17.0. The van der Waals surface area contributed by atoms with Crippen LogP contribution >= 0.6 is 0 Å². The highest BCUT2D eigenvalue weighted by atomic mass is 16.2. The van der Waals surface area contributed by atoms with Gasteiger partial charge in [-0.25, -0.2) is 0 Å². The van der Waals surface area contributed by atoms with Crippen LogP contribution in [0, 0.1) is 5.92 Å². The third-order valence-electron chi connectivity index (χ3n) is 3.96. The predicted molar refractivity (Wildman–Crippen MR) is 84.6 cm³/mol. The summed E-state index contributed by atoms with van der Waals surface area (Å²) in [5, 5.41) is 3.53. The third kappa shape index (κ3) is 4.45. The predicted octanol–water partition coefficient (Wildman–Crippen LogP) is 2.30. The molecule has 4 nitrogen and oxygen atoms in total. The molecule has 0 aromatic heterocycles. The molecule has 118 valence electrons. The smallest absolute Gasteiger partial charge is 0.241 e. The lowest BCUT2D eigenvalue weighted by Crippen LogP contribution is -2.49. The normalized spacial score (nSPS) is 25.0. The molecule has 1 amide bonds. The Morgan fingerprint density at radius 2 is 1.95 bits per heavy atom. The lowest BCUT2D eigenvalue weighted by molar-refractivity contribution is -0.133. The standard InChI is InChI=1S/C16H33N3O/c1-7-9-14-16(20)19(15(8-2)17-14)13(10-12(3)4)11-18(5)6/h12-15,17H,7-11H2,1-6H3. The summed E-state index contributed by atoms with van der Waals surface area (Å²) in [5.74, 6) is 0.918. The van der Waals surface area contributed by atoms with Gasteiger partial charge in [0.25, 0.3) is 0 Å². The Hall–Kier alpha value is -0.610. The van der Waals surface area contributed by atoms with E-state index in [2.05, 4.69) is 56.9 Å². The van der Waals surface area contributed by atoms with E-state index < -0.39 is 0 Å². The summed E-state index contributed by atoms with van der Waals surface area (Å²) >= 11 is 0. The number of hydrogen-bond donors (Lipinski definition) is 1. The zero-order chi connectivity index (χ0) is 15.3. The highest BCUT2D eigenvalue weighted by Crippen LogP contribution is 2.23. The molecule has 0 spiro atoms. The van der Waals surface area contributed by atoms with E-state index >= 15 is 0 Å². The van der Waals surface area contributed by atoms with E-state index in [0.717, 1.165) is 32.2 Å². The number of rotatable bonds is 8. The van der Waals surface area contributed by atoms with Crippen molar-refractivity contribution < 1.29 is 4.79 Å². The summed E-state index contributed by atoms with van der Waals surface area (Å²) < 4.78 is 0. The van der Waals surface area contributed by atoms with Crippen molar-refractivity contribution in [1.29, 1.82) is 0 Å². The fourth-order valence-corrected chi connectivity index (χ4v) is 3.20. The summed E-state index contributed by atoms with van der Waals surface area (Å²) in [5.41, 5.74) is 0. The SMILES string of the molecule is CCCC1NC(CC)N(C(CC(C)C)CN(C)C)C1=O. The van der Waals surface area contributed by atoms with Crippen LogP contribution in [0.3, 0.4) is 0 Å². The van der Waals surface area contributed by atoms with Gasteiger partial charge in [-0.05, 0) is 39.3 Å². The van der Waals surface area contributed by atoms with Crippen molar-refractivity contribution in [2.24, 2.45) is 5.92 Å². The summed E-state index contributed by atoms with van der Waals surface area (Å²) in [6.07, 6.45) is 4.26. The molecule has 1 fully saturated rings. The molecule has 0 aromatic rings. The molecule has 1 heterocycles. The number of likely N-dealkylation sites (N-methyl/N-ethyl adjacent to an activating group) is 1. The minimum absolute atomic E-state index is 0.0294. The van der Waals surface area contributed by atoms with Crippen LogP contribution in [0.1, 0.15) is 53.4 Å². The maximum atomic E-state index is 12.7. The van der Waals surface area contributed by atoms with Gasteiger partial charge in [0.1, 0.15) is 0 Å². The molecule has 1 N–H and O–H groups in total. The van der Waals surface area contributed by atoms with Crippen molar-refractivity contribution in [2.75, 3.05) is 20.6 Å². The minimum atomic E-state index is 0.0294. The molecule has 0 bridgehead atoms. The largest absolute Gasteiger partial charge is 0.322 e. The number of nitrogens with one attached hydrogen (secondary N) is 1. The van der Waals surface area contributed by atoms with Gasteiger partial charge in [-0.15, -0.1) is 0 Å². The van der Waals surface area contributed by atoms with Gasteiger partial charge in [-0.1, -0.05) is 34.1 Å². The first-order valence-electron chi connectivity index (χ1n) is 8.13. The number of carbonyl (C=O) groups excluding carboxylic acids is 1. The van der Waals surface area contributed by atoms with Crippen LogP contribution in [0.2, 0.25) is 0 Å². The first-order valence-corrected chi connectivity index (χ1v) is 8.13. The second kappa shape index (κ2) is 7.99. The van der Waals surface area contributed by atoms with E-state index in [4.69, 9.17) is 0 Å². The second-order valence-electron chi connectivity index (χ2n) is 6.72. The molecule has 4 heteroatoms. The molecule has 0 radical (unpaired) electrons. The Balaban J connectivity index is 2.87. The number of carbonyl (C=O) groups is 1. The molecule has 1 aliphatic heterocycles. The monoisotopic (exact) mass is 283 g/mol. The second-order valence-corrected chi connectivity index (χ2v) is 6.72. The molecule has 0 aliphatic carbocycles. The summed E-state index contributed by atoms with van der Waals surface area (Å²) in [6.45, 7) is 9.72. The van der Waals surface area contributed by atoms with Crippen molar-refractivity contribution in [1.82, 2.24) is 15.1 Å². The summed E-state index contributed by atoms with van der Waals surface area (Å²) in [7, 11) is 4.18. The maximum Gasteiger partial charge on any atom is 0.241 e. The highest BCUT2D eigenvalue weighted by molar-refractivity contribution is 5.84. The van der Waals surface area contributed by atoms with E-state index in [1.807, 2.05) is 0 Å². The van der Waals surface area contributed by atoms with Gasteiger partial charge in [-0.3, -0.25) is 10.1 Å². The van der Waals surface area contributed by atoms with Crippen molar-refractivity contribution in [2.45, 2.75) is 71.6 Å². The highest BCUT2D eigenvalue weighted by Gasteiger charge is 2.41. The first-order chi connectivity index (χ1) is 9.40. The quantitative estimate of drug-likeness (QED) is 0.742. The Kier molecular flexibility index (Phi) is 6.96. The van der Waals surface area contributed by atoms with Crippen molar-refractivity contribution in [3.8, 4) is 0 Å². The van der Waals surface area contributed by atoms with E-state index in [-0.39, 0.29) is 12.2 Å². The van der Waals surface area contributed by atoms with E-state index in [1.54, 1.807) is 0 Å². The van der Waals surface area contributed by atoms with Crippen LogP contribution < -0.4 is 5.32 Å². The summed E-state index contributed by atoms with van der Waals surface area (Å²) in [6, 6.07) is 0.346. The molecule has 3 unspecified atom stereocenters. The van der Waals surface area contributed by atoms with Gasteiger partial charge in [0.05, 0.1) is 12.2 Å². The van der Waals surface area contributed by atoms with Crippen LogP contribution in [0.25, 0.3) is 0 Å². The van der Waals surface area contributed by atoms with Gasteiger partial charge >= 0.3 is 0 Å².